The van der Waals surface area contributed by atoms with Crippen molar-refractivity contribution in [2.24, 2.45) is 0 Å². The number of hydrogen-bond donors (Lipinski definition) is 1. The highest BCUT2D eigenvalue weighted by atomic mass is 16.2. The second kappa shape index (κ2) is 7.20. The molecular formula is C23H23N5O. The Kier molecular flexibility index (Phi) is 4.39. The third-order valence-electron chi connectivity index (χ3n) is 5.74. The number of amides is 1. The van der Waals surface area contributed by atoms with E-state index in [4.69, 9.17) is 0 Å². The largest absolute Gasteiger partial charge is 0.348 e. The molecule has 1 atom stereocenters. The molecule has 0 aliphatic carbocycles. The molecule has 0 spiro atoms. The van der Waals surface area contributed by atoms with Crippen LogP contribution in [0.5, 0.6) is 0 Å². The zero-order chi connectivity index (χ0) is 19.8. The summed E-state index contributed by atoms with van der Waals surface area (Å²) in [6, 6.07) is 12.3. The van der Waals surface area contributed by atoms with E-state index in [9.17, 15) is 4.79 Å². The van der Waals surface area contributed by atoms with Crippen LogP contribution in [-0.4, -0.2) is 36.9 Å². The fourth-order valence-electron chi connectivity index (χ4n) is 4.29. The summed E-state index contributed by atoms with van der Waals surface area (Å²) in [5.74, 6) is 0.140. The molecule has 0 saturated heterocycles. The molecular weight excluding hydrogens is 362 g/mol. The first-order valence-electron chi connectivity index (χ1n) is 9.98. The van der Waals surface area contributed by atoms with E-state index in [2.05, 4.69) is 56.9 Å². The molecule has 1 aliphatic rings. The summed E-state index contributed by atoms with van der Waals surface area (Å²) in [5.41, 5.74) is 5.44. The zero-order valence-corrected chi connectivity index (χ0v) is 16.4. The molecule has 1 aliphatic heterocycles. The second-order valence-corrected chi connectivity index (χ2v) is 7.61. The van der Waals surface area contributed by atoms with Crippen molar-refractivity contribution in [3.63, 3.8) is 0 Å². The van der Waals surface area contributed by atoms with Gasteiger partial charge < -0.3 is 14.5 Å². The number of nitrogens with one attached hydrogen (secondary N) is 1. The molecule has 4 aromatic rings. The van der Waals surface area contributed by atoms with Crippen LogP contribution in [0.25, 0.3) is 10.9 Å². The molecule has 0 fully saturated rings. The molecule has 0 saturated carbocycles. The number of imidazole rings is 1. The Morgan fingerprint density at radius 1 is 1.28 bits per heavy atom. The lowest BCUT2D eigenvalue weighted by molar-refractivity contribution is -0.133. The van der Waals surface area contributed by atoms with Gasteiger partial charge in [0.1, 0.15) is 6.04 Å². The van der Waals surface area contributed by atoms with E-state index >= 15 is 0 Å². The van der Waals surface area contributed by atoms with Crippen molar-refractivity contribution in [1.29, 1.82) is 0 Å². The molecule has 5 rings (SSSR count). The molecule has 4 heterocycles. The van der Waals surface area contributed by atoms with E-state index in [1.54, 1.807) is 12.5 Å². The fraction of sp³-hybridized carbons (Fsp3) is 0.261. The number of aromatic amines is 1. The van der Waals surface area contributed by atoms with Crippen molar-refractivity contribution < 1.29 is 4.79 Å². The van der Waals surface area contributed by atoms with Gasteiger partial charge in [0, 0.05) is 55.7 Å². The van der Waals surface area contributed by atoms with Gasteiger partial charge in [-0.2, -0.15) is 0 Å². The molecule has 6 nitrogen and oxygen atoms in total. The number of aromatic nitrogens is 4. The maximum Gasteiger partial charge on any atom is 0.225 e. The Bertz CT molecular complexity index is 1160. The quantitative estimate of drug-likeness (QED) is 0.583. The zero-order valence-electron chi connectivity index (χ0n) is 16.4. The predicted molar refractivity (Wildman–Crippen MR) is 111 cm³/mol. The van der Waals surface area contributed by atoms with Gasteiger partial charge in [0.2, 0.25) is 5.91 Å². The van der Waals surface area contributed by atoms with E-state index < -0.39 is 0 Å². The van der Waals surface area contributed by atoms with Gasteiger partial charge in [0.05, 0.1) is 12.0 Å². The monoisotopic (exact) mass is 385 g/mol. The minimum Gasteiger partial charge on any atom is -0.348 e. The van der Waals surface area contributed by atoms with Crippen LogP contribution in [0.2, 0.25) is 0 Å². The highest BCUT2D eigenvalue weighted by Crippen LogP contribution is 2.33. The molecule has 146 valence electrons. The third kappa shape index (κ3) is 3.20. The van der Waals surface area contributed by atoms with Gasteiger partial charge in [-0.3, -0.25) is 9.78 Å². The first-order valence-corrected chi connectivity index (χ1v) is 9.98. The average Bonchev–Trinajstić information content (AvgIpc) is 3.38. The highest BCUT2D eigenvalue weighted by Gasteiger charge is 2.33. The van der Waals surface area contributed by atoms with Crippen molar-refractivity contribution in [3.05, 3.63) is 83.8 Å². The summed E-state index contributed by atoms with van der Waals surface area (Å²) < 4.78 is 2.16. The van der Waals surface area contributed by atoms with E-state index in [0.29, 0.717) is 19.5 Å². The molecule has 6 heteroatoms. The van der Waals surface area contributed by atoms with Gasteiger partial charge in [0.25, 0.3) is 0 Å². The predicted octanol–water partition coefficient (Wildman–Crippen LogP) is 3.63. The standard InChI is InChI=1S/C23H23N5O/c1-16-4-5-20-17(13-16)6-10-27(20)11-8-21(29)28-12-7-19-22(26-15-25-19)23(28)18-3-2-9-24-14-18/h2-6,9-10,13-15,23H,7-8,11-12H2,1H3,(H,25,26). The molecule has 0 radical (unpaired) electrons. The minimum absolute atomic E-state index is 0.140. The number of nitrogens with zero attached hydrogens (tertiary/aromatic N) is 4. The lowest BCUT2D eigenvalue weighted by atomic mass is 9.96. The first-order chi connectivity index (χ1) is 14.2. The summed E-state index contributed by atoms with van der Waals surface area (Å²) >= 11 is 0. The molecule has 1 unspecified atom stereocenters. The Morgan fingerprint density at radius 3 is 3.07 bits per heavy atom. The van der Waals surface area contributed by atoms with Crippen LogP contribution >= 0.6 is 0 Å². The van der Waals surface area contributed by atoms with Crippen LogP contribution in [-0.2, 0) is 17.8 Å². The van der Waals surface area contributed by atoms with Gasteiger partial charge in [-0.1, -0.05) is 17.7 Å². The van der Waals surface area contributed by atoms with Crippen molar-refractivity contribution in [2.75, 3.05) is 6.54 Å². The minimum atomic E-state index is -0.185. The van der Waals surface area contributed by atoms with Crippen LogP contribution in [0.4, 0.5) is 0 Å². The Balaban J connectivity index is 1.39. The molecule has 3 aromatic heterocycles. The van der Waals surface area contributed by atoms with E-state index in [-0.39, 0.29) is 11.9 Å². The van der Waals surface area contributed by atoms with E-state index in [1.165, 1.54) is 16.5 Å². The van der Waals surface area contributed by atoms with Gasteiger partial charge in [0.15, 0.2) is 0 Å². The van der Waals surface area contributed by atoms with Crippen molar-refractivity contribution in [2.45, 2.75) is 32.4 Å². The smallest absolute Gasteiger partial charge is 0.225 e. The van der Waals surface area contributed by atoms with Gasteiger partial charge >= 0.3 is 0 Å². The normalized spacial score (nSPS) is 16.2. The molecule has 1 aromatic carbocycles. The maximum atomic E-state index is 13.3. The van der Waals surface area contributed by atoms with Gasteiger partial charge in [-0.05, 0) is 42.1 Å². The second-order valence-electron chi connectivity index (χ2n) is 7.61. The molecule has 1 amide bonds. The topological polar surface area (TPSA) is 66.8 Å². The van der Waals surface area contributed by atoms with Crippen LogP contribution in [0.1, 0.15) is 35.0 Å². The summed E-state index contributed by atoms with van der Waals surface area (Å²) in [6.45, 7) is 3.44. The van der Waals surface area contributed by atoms with Crippen molar-refractivity contribution >= 4 is 16.8 Å². The lowest BCUT2D eigenvalue weighted by Crippen LogP contribution is -2.41. The van der Waals surface area contributed by atoms with Crippen LogP contribution in [0, 0.1) is 6.92 Å². The number of carbonyl (C=O) groups excluding carboxylic acids is 1. The first kappa shape index (κ1) is 17.7. The van der Waals surface area contributed by atoms with E-state index in [1.807, 2.05) is 23.2 Å². The summed E-state index contributed by atoms with van der Waals surface area (Å²) in [7, 11) is 0. The maximum absolute atomic E-state index is 13.3. The molecule has 1 N–H and O–H groups in total. The number of H-pyrrole nitrogens is 1. The third-order valence-corrected chi connectivity index (χ3v) is 5.74. The lowest BCUT2D eigenvalue weighted by Gasteiger charge is -2.35. The number of aryl methyl sites for hydroxylation is 2. The van der Waals surface area contributed by atoms with Crippen LogP contribution in [0.3, 0.4) is 0 Å². The summed E-state index contributed by atoms with van der Waals surface area (Å²) in [4.78, 5) is 27.2. The van der Waals surface area contributed by atoms with Crippen LogP contribution in [0.15, 0.2) is 61.3 Å². The number of hydrogen-bond acceptors (Lipinski definition) is 3. The average molecular weight is 385 g/mol. The number of rotatable bonds is 4. The summed E-state index contributed by atoms with van der Waals surface area (Å²) in [5, 5.41) is 1.21. The number of fused-ring (bicyclic) bond motifs is 2. The van der Waals surface area contributed by atoms with Gasteiger partial charge in [-0.15, -0.1) is 0 Å². The number of pyridine rings is 1. The van der Waals surface area contributed by atoms with E-state index in [0.717, 1.165) is 23.4 Å². The Morgan fingerprint density at radius 2 is 2.21 bits per heavy atom. The Hall–Kier alpha value is -3.41. The van der Waals surface area contributed by atoms with Crippen molar-refractivity contribution in [1.82, 2.24) is 24.4 Å². The number of benzene rings is 1. The molecule has 29 heavy (non-hydrogen) atoms. The fourth-order valence-corrected chi connectivity index (χ4v) is 4.29. The van der Waals surface area contributed by atoms with Crippen LogP contribution < -0.4 is 0 Å². The Labute approximate surface area is 169 Å². The SMILES string of the molecule is Cc1ccc2c(ccn2CCC(=O)N2CCc3[nH]cnc3C2c2cccnc2)c1. The summed E-state index contributed by atoms with van der Waals surface area (Å²) in [6.07, 6.45) is 8.62. The van der Waals surface area contributed by atoms with Crippen molar-refractivity contribution in [3.8, 4) is 0 Å². The van der Waals surface area contributed by atoms with Gasteiger partial charge in [-0.25, -0.2) is 4.98 Å². The molecule has 0 bridgehead atoms. The number of carbonyl (C=O) groups is 1. The highest BCUT2D eigenvalue weighted by molar-refractivity contribution is 5.81.